The van der Waals surface area contributed by atoms with Crippen molar-refractivity contribution in [1.82, 2.24) is 4.90 Å². The van der Waals surface area contributed by atoms with Gasteiger partial charge >= 0.3 is 12.1 Å². The van der Waals surface area contributed by atoms with Crippen molar-refractivity contribution in [3.63, 3.8) is 0 Å². The van der Waals surface area contributed by atoms with Crippen molar-refractivity contribution in [2.45, 2.75) is 58.2 Å². The number of nitrogens with zero attached hydrogens (tertiary/aromatic N) is 1. The van der Waals surface area contributed by atoms with Crippen LogP contribution in [0.1, 0.15) is 40.5 Å². The summed E-state index contributed by atoms with van der Waals surface area (Å²) in [7, 11) is 0. The molecule has 0 aromatic carbocycles. The van der Waals surface area contributed by atoms with Gasteiger partial charge in [-0.1, -0.05) is 0 Å². The van der Waals surface area contributed by atoms with Gasteiger partial charge in [-0.2, -0.15) is 0 Å². The normalized spacial score (nSPS) is 23.3. The third kappa shape index (κ3) is 4.70. The van der Waals surface area contributed by atoms with E-state index in [0.717, 1.165) is 0 Å². The second-order valence-electron chi connectivity index (χ2n) is 5.76. The number of hydrogen-bond acceptors (Lipinski definition) is 5. The first-order valence-corrected chi connectivity index (χ1v) is 6.50. The fraction of sp³-hybridized carbons (Fsp3) is 0.846. The van der Waals surface area contributed by atoms with E-state index in [-0.39, 0.29) is 31.3 Å². The van der Waals surface area contributed by atoms with E-state index in [4.69, 9.17) is 9.47 Å². The number of likely N-dealkylation sites (tertiary alicyclic amines) is 1. The molecule has 0 aromatic rings. The number of esters is 1. The lowest BCUT2D eigenvalue weighted by atomic mass is 10.2. The molecular weight excluding hydrogens is 250 g/mol. The van der Waals surface area contributed by atoms with Crippen LogP contribution >= 0.6 is 0 Å². The van der Waals surface area contributed by atoms with Crippen LogP contribution in [0.3, 0.4) is 0 Å². The van der Waals surface area contributed by atoms with E-state index < -0.39 is 11.7 Å². The summed E-state index contributed by atoms with van der Waals surface area (Å²) in [5, 5.41) is 9.32. The summed E-state index contributed by atoms with van der Waals surface area (Å²) in [6, 6.07) is -0.494. The number of carbonyl (C=O) groups excluding carboxylic acids is 2. The molecule has 110 valence electrons. The van der Waals surface area contributed by atoms with E-state index in [9.17, 15) is 14.7 Å². The molecule has 1 N–H and O–H groups in total. The highest BCUT2D eigenvalue weighted by Crippen LogP contribution is 2.26. The van der Waals surface area contributed by atoms with Crippen LogP contribution in [0.2, 0.25) is 0 Å². The molecule has 0 spiro atoms. The zero-order chi connectivity index (χ0) is 14.6. The molecule has 1 aliphatic rings. The molecule has 0 bridgehead atoms. The van der Waals surface area contributed by atoms with E-state index in [1.54, 1.807) is 20.8 Å². The van der Waals surface area contributed by atoms with Gasteiger partial charge in [-0.15, -0.1) is 0 Å². The Balaban J connectivity index is 2.71. The first kappa shape index (κ1) is 15.8. The molecule has 0 saturated carbocycles. The summed E-state index contributed by atoms with van der Waals surface area (Å²) in [5.41, 5.74) is -0.592. The number of hydrogen-bond donors (Lipinski definition) is 1. The molecule has 1 rings (SSSR count). The number of carbonyl (C=O) groups is 2. The van der Waals surface area contributed by atoms with Gasteiger partial charge in [0.1, 0.15) is 12.2 Å². The highest BCUT2D eigenvalue weighted by molar-refractivity contribution is 5.70. The van der Waals surface area contributed by atoms with Crippen molar-refractivity contribution < 1.29 is 24.2 Å². The van der Waals surface area contributed by atoms with Crippen LogP contribution in [0.4, 0.5) is 4.79 Å². The average molecular weight is 273 g/mol. The molecule has 1 heterocycles. The molecule has 1 saturated heterocycles. The van der Waals surface area contributed by atoms with Crippen molar-refractivity contribution in [3.8, 4) is 0 Å². The van der Waals surface area contributed by atoms with Gasteiger partial charge in [0.2, 0.25) is 0 Å². The highest BCUT2D eigenvalue weighted by atomic mass is 16.6. The Morgan fingerprint density at radius 1 is 1.26 bits per heavy atom. The van der Waals surface area contributed by atoms with Crippen molar-refractivity contribution in [1.29, 1.82) is 0 Å². The molecule has 19 heavy (non-hydrogen) atoms. The Morgan fingerprint density at radius 3 is 2.32 bits per heavy atom. The molecule has 2 atom stereocenters. The minimum Gasteiger partial charge on any atom is -0.464 e. The van der Waals surface area contributed by atoms with E-state index in [1.165, 1.54) is 11.8 Å². The molecule has 0 unspecified atom stereocenters. The van der Waals surface area contributed by atoms with Gasteiger partial charge in [0.25, 0.3) is 0 Å². The van der Waals surface area contributed by atoms with Gasteiger partial charge in [0, 0.05) is 6.92 Å². The fourth-order valence-corrected chi connectivity index (χ4v) is 2.13. The van der Waals surface area contributed by atoms with Crippen LogP contribution in [-0.2, 0) is 14.3 Å². The fourth-order valence-electron chi connectivity index (χ4n) is 2.13. The van der Waals surface area contributed by atoms with Crippen molar-refractivity contribution in [2.75, 3.05) is 13.2 Å². The number of aliphatic hydroxyl groups excluding tert-OH is 1. The van der Waals surface area contributed by atoms with Crippen molar-refractivity contribution in [3.05, 3.63) is 0 Å². The first-order valence-electron chi connectivity index (χ1n) is 6.50. The standard InChI is InChI=1S/C13H23NO5/c1-9(16)18-8-11-6-5-10(7-15)14(11)12(17)19-13(2,3)4/h10-11,15H,5-8H2,1-4H3/t10-,11+/m0/s1. The van der Waals surface area contributed by atoms with Gasteiger partial charge in [0.15, 0.2) is 0 Å². The zero-order valence-electron chi connectivity index (χ0n) is 12.0. The molecule has 6 nitrogen and oxygen atoms in total. The summed E-state index contributed by atoms with van der Waals surface area (Å²) < 4.78 is 10.3. The van der Waals surface area contributed by atoms with Gasteiger partial charge < -0.3 is 14.6 Å². The highest BCUT2D eigenvalue weighted by Gasteiger charge is 2.39. The maximum absolute atomic E-state index is 12.1. The van der Waals surface area contributed by atoms with E-state index in [1.807, 2.05) is 0 Å². The minimum atomic E-state index is -0.592. The lowest BCUT2D eigenvalue weighted by Gasteiger charge is -2.31. The van der Waals surface area contributed by atoms with E-state index >= 15 is 0 Å². The summed E-state index contributed by atoms with van der Waals surface area (Å²) >= 11 is 0. The maximum Gasteiger partial charge on any atom is 0.410 e. The van der Waals surface area contributed by atoms with Crippen LogP contribution in [0.5, 0.6) is 0 Å². The molecule has 0 aromatic heterocycles. The molecular formula is C13H23NO5. The second-order valence-corrected chi connectivity index (χ2v) is 5.76. The predicted octanol–water partition coefficient (Wildman–Crippen LogP) is 1.31. The monoisotopic (exact) mass is 273 g/mol. The second kappa shape index (κ2) is 6.23. The van der Waals surface area contributed by atoms with Crippen molar-refractivity contribution in [2.24, 2.45) is 0 Å². The first-order chi connectivity index (χ1) is 8.74. The number of rotatable bonds is 3. The summed E-state index contributed by atoms with van der Waals surface area (Å²) in [6.45, 7) is 6.72. The maximum atomic E-state index is 12.1. The lowest BCUT2D eigenvalue weighted by molar-refractivity contribution is -0.142. The summed E-state index contributed by atoms with van der Waals surface area (Å²) in [5.74, 6) is -0.378. The summed E-state index contributed by atoms with van der Waals surface area (Å²) in [6.07, 6.45) is 0.903. The van der Waals surface area contributed by atoms with Crippen LogP contribution in [-0.4, -0.2) is 53.0 Å². The van der Waals surface area contributed by atoms with Gasteiger partial charge in [0.05, 0.1) is 18.7 Å². The lowest BCUT2D eigenvalue weighted by Crippen LogP contribution is -2.47. The quantitative estimate of drug-likeness (QED) is 0.785. The Kier molecular flexibility index (Phi) is 5.17. The zero-order valence-corrected chi connectivity index (χ0v) is 12.0. The third-order valence-corrected chi connectivity index (χ3v) is 2.91. The molecule has 1 fully saturated rings. The number of amides is 1. The molecule has 1 amide bonds. The molecule has 0 radical (unpaired) electrons. The van der Waals surface area contributed by atoms with Gasteiger partial charge in [-0.3, -0.25) is 9.69 Å². The number of ether oxygens (including phenoxy) is 2. The van der Waals surface area contributed by atoms with Crippen LogP contribution in [0.25, 0.3) is 0 Å². The smallest absolute Gasteiger partial charge is 0.410 e. The van der Waals surface area contributed by atoms with E-state index in [0.29, 0.717) is 12.8 Å². The largest absolute Gasteiger partial charge is 0.464 e. The molecule has 1 aliphatic heterocycles. The number of aliphatic hydroxyl groups is 1. The molecule has 0 aliphatic carbocycles. The predicted molar refractivity (Wildman–Crippen MR) is 68.6 cm³/mol. The van der Waals surface area contributed by atoms with Crippen LogP contribution in [0, 0.1) is 0 Å². The van der Waals surface area contributed by atoms with Gasteiger partial charge in [-0.25, -0.2) is 4.79 Å². The topological polar surface area (TPSA) is 76.1 Å². The Bertz CT molecular complexity index is 336. The van der Waals surface area contributed by atoms with Crippen LogP contribution < -0.4 is 0 Å². The Morgan fingerprint density at radius 2 is 1.84 bits per heavy atom. The Labute approximate surface area is 113 Å². The third-order valence-electron chi connectivity index (χ3n) is 2.91. The summed E-state index contributed by atoms with van der Waals surface area (Å²) in [4.78, 5) is 24.5. The van der Waals surface area contributed by atoms with E-state index in [2.05, 4.69) is 0 Å². The SMILES string of the molecule is CC(=O)OC[C@H]1CC[C@@H](CO)N1C(=O)OC(C)(C)C. The average Bonchev–Trinajstić information content (AvgIpc) is 2.66. The minimum absolute atomic E-state index is 0.115. The van der Waals surface area contributed by atoms with Crippen LogP contribution in [0.15, 0.2) is 0 Å². The Hall–Kier alpha value is -1.30. The van der Waals surface area contributed by atoms with Crippen molar-refractivity contribution >= 4 is 12.1 Å². The molecule has 6 heteroatoms. The van der Waals surface area contributed by atoms with Gasteiger partial charge in [-0.05, 0) is 33.6 Å².